The Morgan fingerprint density at radius 3 is 2.92 bits per heavy atom. The van der Waals surface area contributed by atoms with Gasteiger partial charge in [-0.05, 0) is 38.0 Å². The van der Waals surface area contributed by atoms with Gasteiger partial charge in [-0.3, -0.25) is 10.1 Å². The SMILES string of the molecule is Cc1cc(NC2CCCN(c3ccccc3F)C2)ncc1[N+](=O)[O-]. The van der Waals surface area contributed by atoms with Crippen LogP contribution in [-0.4, -0.2) is 29.0 Å². The van der Waals surface area contributed by atoms with E-state index in [2.05, 4.69) is 10.3 Å². The molecule has 1 N–H and O–H groups in total. The van der Waals surface area contributed by atoms with Crippen LogP contribution in [0.4, 0.5) is 21.6 Å². The lowest BCUT2D eigenvalue weighted by atomic mass is 10.0. The van der Waals surface area contributed by atoms with Gasteiger partial charge in [0, 0.05) is 24.7 Å². The lowest BCUT2D eigenvalue weighted by Gasteiger charge is -2.35. The quantitative estimate of drug-likeness (QED) is 0.686. The van der Waals surface area contributed by atoms with E-state index in [1.807, 2.05) is 11.0 Å². The Hall–Kier alpha value is -2.70. The van der Waals surface area contributed by atoms with E-state index in [1.54, 1.807) is 25.1 Å². The van der Waals surface area contributed by atoms with Gasteiger partial charge in [-0.25, -0.2) is 9.37 Å². The third-order valence-electron chi connectivity index (χ3n) is 4.25. The zero-order valence-corrected chi connectivity index (χ0v) is 13.4. The number of para-hydroxylation sites is 1. The summed E-state index contributed by atoms with van der Waals surface area (Å²) < 4.78 is 14.0. The first-order valence-corrected chi connectivity index (χ1v) is 7.91. The van der Waals surface area contributed by atoms with Crippen molar-refractivity contribution in [3.63, 3.8) is 0 Å². The molecule has 0 spiro atoms. The number of hydrogen-bond donors (Lipinski definition) is 1. The maximum Gasteiger partial charge on any atom is 0.290 e. The molecule has 1 aromatic heterocycles. The molecule has 1 unspecified atom stereocenters. The van der Waals surface area contributed by atoms with Gasteiger partial charge in [-0.1, -0.05) is 12.1 Å². The van der Waals surface area contributed by atoms with Gasteiger partial charge >= 0.3 is 0 Å². The Balaban J connectivity index is 1.71. The van der Waals surface area contributed by atoms with Crippen molar-refractivity contribution in [3.8, 4) is 0 Å². The molecule has 2 heterocycles. The number of aromatic nitrogens is 1. The molecule has 2 aromatic rings. The van der Waals surface area contributed by atoms with Crippen LogP contribution in [0.5, 0.6) is 0 Å². The molecule has 0 bridgehead atoms. The monoisotopic (exact) mass is 330 g/mol. The molecule has 0 aliphatic carbocycles. The first-order chi connectivity index (χ1) is 11.5. The number of benzene rings is 1. The summed E-state index contributed by atoms with van der Waals surface area (Å²) in [4.78, 5) is 16.6. The summed E-state index contributed by atoms with van der Waals surface area (Å²) in [6, 6.07) is 8.56. The van der Waals surface area contributed by atoms with E-state index < -0.39 is 4.92 Å². The Kier molecular flexibility index (Phi) is 4.59. The van der Waals surface area contributed by atoms with E-state index in [1.165, 1.54) is 12.3 Å². The molecule has 126 valence electrons. The van der Waals surface area contributed by atoms with Gasteiger partial charge in [0.1, 0.15) is 17.8 Å². The fourth-order valence-electron chi connectivity index (χ4n) is 3.05. The van der Waals surface area contributed by atoms with E-state index in [0.29, 0.717) is 23.6 Å². The fraction of sp³-hybridized carbons (Fsp3) is 0.353. The van der Waals surface area contributed by atoms with Gasteiger partial charge in [-0.15, -0.1) is 0 Å². The van der Waals surface area contributed by atoms with Crippen LogP contribution in [0, 0.1) is 22.9 Å². The van der Waals surface area contributed by atoms with Crippen molar-refractivity contribution in [1.82, 2.24) is 4.98 Å². The highest BCUT2D eigenvalue weighted by molar-refractivity contribution is 5.50. The summed E-state index contributed by atoms with van der Waals surface area (Å²) in [5, 5.41) is 14.2. The number of nitro groups is 1. The highest BCUT2D eigenvalue weighted by Crippen LogP contribution is 2.25. The van der Waals surface area contributed by atoms with Crippen LogP contribution in [0.2, 0.25) is 0 Å². The normalized spacial score (nSPS) is 17.6. The number of rotatable bonds is 4. The molecule has 3 rings (SSSR count). The topological polar surface area (TPSA) is 71.3 Å². The zero-order valence-electron chi connectivity index (χ0n) is 13.4. The number of nitrogens with zero attached hydrogens (tertiary/aromatic N) is 3. The van der Waals surface area contributed by atoms with Crippen molar-refractivity contribution < 1.29 is 9.31 Å². The average molecular weight is 330 g/mol. The minimum atomic E-state index is -0.438. The Morgan fingerprint density at radius 2 is 2.21 bits per heavy atom. The summed E-state index contributed by atoms with van der Waals surface area (Å²) in [5.41, 5.74) is 1.19. The Labute approximate surface area is 139 Å². The standard InChI is InChI=1S/C17H19FN4O2/c1-12-9-17(19-10-16(12)22(23)24)20-13-5-4-8-21(11-13)15-7-3-2-6-14(15)18/h2-3,6-7,9-10,13H,4-5,8,11H2,1H3,(H,19,20). The van der Waals surface area contributed by atoms with Crippen molar-refractivity contribution >= 4 is 17.2 Å². The van der Waals surface area contributed by atoms with Crippen LogP contribution >= 0.6 is 0 Å². The van der Waals surface area contributed by atoms with Crippen LogP contribution in [0.15, 0.2) is 36.5 Å². The van der Waals surface area contributed by atoms with Gasteiger partial charge in [0.05, 0.1) is 10.6 Å². The van der Waals surface area contributed by atoms with E-state index in [9.17, 15) is 14.5 Å². The van der Waals surface area contributed by atoms with Crippen molar-refractivity contribution in [2.45, 2.75) is 25.8 Å². The number of anilines is 2. The lowest BCUT2D eigenvalue weighted by molar-refractivity contribution is -0.385. The molecule has 6 nitrogen and oxygen atoms in total. The zero-order chi connectivity index (χ0) is 17.1. The lowest BCUT2D eigenvalue weighted by Crippen LogP contribution is -2.42. The van der Waals surface area contributed by atoms with Gasteiger partial charge < -0.3 is 10.2 Å². The van der Waals surface area contributed by atoms with Crippen molar-refractivity contribution in [2.75, 3.05) is 23.3 Å². The second kappa shape index (κ2) is 6.82. The largest absolute Gasteiger partial charge is 0.367 e. The van der Waals surface area contributed by atoms with E-state index in [4.69, 9.17) is 0 Å². The predicted molar refractivity (Wildman–Crippen MR) is 90.9 cm³/mol. The molecule has 1 saturated heterocycles. The molecule has 1 fully saturated rings. The number of piperidine rings is 1. The molecule has 1 aliphatic rings. The summed E-state index contributed by atoms with van der Waals surface area (Å²) in [6.45, 7) is 3.17. The average Bonchev–Trinajstić information content (AvgIpc) is 2.55. The number of hydrogen-bond acceptors (Lipinski definition) is 5. The summed E-state index contributed by atoms with van der Waals surface area (Å²) in [7, 11) is 0. The fourth-order valence-corrected chi connectivity index (χ4v) is 3.05. The van der Waals surface area contributed by atoms with Crippen LogP contribution in [0.3, 0.4) is 0 Å². The summed E-state index contributed by atoms with van der Waals surface area (Å²) >= 11 is 0. The van der Waals surface area contributed by atoms with E-state index in [0.717, 1.165) is 19.4 Å². The number of halogens is 1. The minimum absolute atomic E-state index is 0.0113. The predicted octanol–water partition coefficient (Wildman–Crippen LogP) is 3.52. The first-order valence-electron chi connectivity index (χ1n) is 7.91. The maximum atomic E-state index is 14.0. The Morgan fingerprint density at radius 1 is 1.42 bits per heavy atom. The number of nitrogens with one attached hydrogen (secondary N) is 1. The molecule has 1 atom stereocenters. The first kappa shape index (κ1) is 16.2. The van der Waals surface area contributed by atoms with Crippen LogP contribution in [0.25, 0.3) is 0 Å². The molecule has 1 aromatic carbocycles. The smallest absolute Gasteiger partial charge is 0.290 e. The van der Waals surface area contributed by atoms with Gasteiger partial charge in [-0.2, -0.15) is 0 Å². The second-order valence-electron chi connectivity index (χ2n) is 5.99. The third kappa shape index (κ3) is 3.45. The number of pyridine rings is 1. The van der Waals surface area contributed by atoms with E-state index >= 15 is 0 Å². The summed E-state index contributed by atoms with van der Waals surface area (Å²) in [5.74, 6) is 0.390. The number of aryl methyl sites for hydroxylation is 1. The highest BCUT2D eigenvalue weighted by atomic mass is 19.1. The van der Waals surface area contributed by atoms with Crippen LogP contribution in [-0.2, 0) is 0 Å². The van der Waals surface area contributed by atoms with Gasteiger partial charge in [0.25, 0.3) is 5.69 Å². The molecule has 24 heavy (non-hydrogen) atoms. The van der Waals surface area contributed by atoms with Crippen LogP contribution in [0.1, 0.15) is 18.4 Å². The second-order valence-corrected chi connectivity index (χ2v) is 5.99. The molecule has 1 aliphatic heterocycles. The molecule has 0 radical (unpaired) electrons. The maximum absolute atomic E-state index is 14.0. The van der Waals surface area contributed by atoms with Crippen LogP contribution < -0.4 is 10.2 Å². The molecular formula is C17H19FN4O2. The molecular weight excluding hydrogens is 311 g/mol. The van der Waals surface area contributed by atoms with Crippen molar-refractivity contribution in [3.05, 3.63) is 58.0 Å². The third-order valence-corrected chi connectivity index (χ3v) is 4.25. The summed E-state index contributed by atoms with van der Waals surface area (Å²) in [6.07, 6.45) is 3.16. The minimum Gasteiger partial charge on any atom is -0.367 e. The van der Waals surface area contributed by atoms with Crippen molar-refractivity contribution in [1.29, 1.82) is 0 Å². The van der Waals surface area contributed by atoms with Gasteiger partial charge in [0.15, 0.2) is 0 Å². The highest BCUT2D eigenvalue weighted by Gasteiger charge is 2.22. The van der Waals surface area contributed by atoms with E-state index in [-0.39, 0.29) is 17.5 Å². The molecule has 0 saturated carbocycles. The molecule has 7 heteroatoms. The van der Waals surface area contributed by atoms with Gasteiger partial charge in [0.2, 0.25) is 0 Å². The Bertz CT molecular complexity index is 753. The molecule has 0 amide bonds. The van der Waals surface area contributed by atoms with Crippen molar-refractivity contribution in [2.24, 2.45) is 0 Å².